The standard InChI is InChI=1S/C23H30BrN5O4/c1-23(2,3)33-22(32)27-16-8-14(13-30)11-29(12-16)18-6-7-26-10-15(18)9-19(31)21-17(25)4-5-20(24)28-21/h4-7,10,14,16,30H,8-9,11-13,25H2,1-3H3,(H,27,32). The summed E-state index contributed by atoms with van der Waals surface area (Å²) in [4.78, 5) is 35.7. The van der Waals surface area contributed by atoms with Crippen molar-refractivity contribution in [2.24, 2.45) is 5.92 Å². The minimum absolute atomic E-state index is 0.0131. The molecule has 2 unspecified atom stereocenters. The number of piperidine rings is 1. The molecule has 9 nitrogen and oxygen atoms in total. The van der Waals surface area contributed by atoms with Crippen LogP contribution in [0.3, 0.4) is 0 Å². The lowest BCUT2D eigenvalue weighted by atomic mass is 9.93. The van der Waals surface area contributed by atoms with Crippen LogP contribution in [0.15, 0.2) is 35.2 Å². The third-order valence-corrected chi connectivity index (χ3v) is 5.68. The molecule has 1 fully saturated rings. The third kappa shape index (κ3) is 6.88. The van der Waals surface area contributed by atoms with Crippen molar-refractivity contribution < 1.29 is 19.4 Å². The number of anilines is 2. The number of carbonyl (C=O) groups excluding carboxylic acids is 2. The molecule has 3 rings (SSSR count). The highest BCUT2D eigenvalue weighted by molar-refractivity contribution is 9.10. The lowest BCUT2D eigenvalue weighted by Crippen LogP contribution is -2.52. The number of ketones is 1. The molecule has 33 heavy (non-hydrogen) atoms. The Morgan fingerprint density at radius 2 is 2.06 bits per heavy atom. The fourth-order valence-corrected chi connectivity index (χ4v) is 4.21. The van der Waals surface area contributed by atoms with Crippen LogP contribution in [0.2, 0.25) is 0 Å². The smallest absolute Gasteiger partial charge is 0.407 e. The number of hydrogen-bond donors (Lipinski definition) is 3. The van der Waals surface area contributed by atoms with E-state index >= 15 is 0 Å². The Bertz CT molecular complexity index is 1010. The number of halogens is 1. The van der Waals surface area contributed by atoms with Gasteiger partial charge in [0.2, 0.25) is 0 Å². The average Bonchev–Trinajstić information content (AvgIpc) is 2.74. The van der Waals surface area contributed by atoms with Crippen LogP contribution in [-0.4, -0.2) is 58.3 Å². The van der Waals surface area contributed by atoms with E-state index in [1.165, 1.54) is 0 Å². The molecule has 1 amide bonds. The predicted molar refractivity (Wildman–Crippen MR) is 129 cm³/mol. The Kier molecular flexibility index (Phi) is 7.91. The van der Waals surface area contributed by atoms with Crippen LogP contribution in [0.25, 0.3) is 0 Å². The number of rotatable bonds is 6. The minimum Gasteiger partial charge on any atom is -0.444 e. The fourth-order valence-electron chi connectivity index (χ4n) is 3.90. The van der Waals surface area contributed by atoms with E-state index in [-0.39, 0.29) is 36.5 Å². The number of nitrogens with one attached hydrogen (secondary N) is 1. The first kappa shape index (κ1) is 24.9. The fraction of sp³-hybridized carbons (Fsp3) is 0.478. The predicted octanol–water partition coefficient (Wildman–Crippen LogP) is 2.96. The normalized spacial score (nSPS) is 18.6. The molecule has 2 atom stereocenters. The second-order valence-corrected chi connectivity index (χ2v) is 10.0. The molecule has 0 spiro atoms. The topological polar surface area (TPSA) is 131 Å². The van der Waals surface area contributed by atoms with Crippen LogP contribution in [0.4, 0.5) is 16.2 Å². The van der Waals surface area contributed by atoms with Gasteiger partial charge in [-0.15, -0.1) is 0 Å². The molecule has 1 saturated heterocycles. The maximum Gasteiger partial charge on any atom is 0.407 e. The van der Waals surface area contributed by atoms with Crippen molar-refractivity contribution in [2.75, 3.05) is 30.3 Å². The number of aliphatic hydroxyl groups excluding tert-OH is 1. The summed E-state index contributed by atoms with van der Waals surface area (Å²) >= 11 is 3.28. The summed E-state index contributed by atoms with van der Waals surface area (Å²) in [6, 6.07) is 4.94. The lowest BCUT2D eigenvalue weighted by Gasteiger charge is -2.39. The number of Topliss-reactive ketones (excluding diaryl/α,β-unsaturated/α-hetero) is 1. The van der Waals surface area contributed by atoms with Gasteiger partial charge in [0, 0.05) is 55.7 Å². The first-order valence-corrected chi connectivity index (χ1v) is 11.6. The zero-order valence-corrected chi connectivity index (χ0v) is 20.6. The Morgan fingerprint density at radius 3 is 2.76 bits per heavy atom. The molecule has 10 heteroatoms. The van der Waals surface area contributed by atoms with Gasteiger partial charge in [-0.2, -0.15) is 0 Å². The Labute approximate surface area is 201 Å². The molecule has 1 aliphatic rings. The molecule has 2 aromatic heterocycles. The van der Waals surface area contributed by atoms with Crippen molar-refractivity contribution >= 4 is 39.2 Å². The Balaban J connectivity index is 1.80. The number of hydrogen-bond acceptors (Lipinski definition) is 8. The zero-order chi connectivity index (χ0) is 24.2. The van der Waals surface area contributed by atoms with E-state index in [1.54, 1.807) is 24.5 Å². The van der Waals surface area contributed by atoms with Gasteiger partial charge in [-0.1, -0.05) is 0 Å². The van der Waals surface area contributed by atoms with Crippen molar-refractivity contribution in [2.45, 2.75) is 45.3 Å². The van der Waals surface area contributed by atoms with E-state index in [4.69, 9.17) is 10.5 Å². The molecule has 2 aromatic rings. The number of nitrogens with two attached hydrogens (primary N) is 1. The zero-order valence-electron chi connectivity index (χ0n) is 19.0. The van der Waals surface area contributed by atoms with Gasteiger partial charge in [0.25, 0.3) is 0 Å². The highest BCUT2D eigenvalue weighted by Crippen LogP contribution is 2.28. The van der Waals surface area contributed by atoms with Crippen LogP contribution < -0.4 is 16.0 Å². The van der Waals surface area contributed by atoms with Gasteiger partial charge >= 0.3 is 6.09 Å². The molecule has 0 bridgehead atoms. The summed E-state index contributed by atoms with van der Waals surface area (Å²) in [6.45, 7) is 6.51. The molecule has 4 N–H and O–H groups in total. The number of alkyl carbamates (subject to hydrolysis) is 1. The molecule has 0 aliphatic carbocycles. The van der Waals surface area contributed by atoms with Crippen LogP contribution >= 0.6 is 15.9 Å². The Hall–Kier alpha value is -2.72. The molecule has 178 valence electrons. The maximum atomic E-state index is 13.0. The number of pyridine rings is 2. The number of carbonyl (C=O) groups is 2. The highest BCUT2D eigenvalue weighted by Gasteiger charge is 2.30. The van der Waals surface area contributed by atoms with E-state index in [9.17, 15) is 14.7 Å². The van der Waals surface area contributed by atoms with Gasteiger partial charge in [-0.25, -0.2) is 9.78 Å². The van der Waals surface area contributed by atoms with Gasteiger partial charge in [0.1, 0.15) is 15.9 Å². The van der Waals surface area contributed by atoms with Gasteiger partial charge in [0.15, 0.2) is 5.78 Å². The van der Waals surface area contributed by atoms with Crippen LogP contribution in [-0.2, 0) is 11.2 Å². The highest BCUT2D eigenvalue weighted by atomic mass is 79.9. The van der Waals surface area contributed by atoms with Crippen molar-refractivity contribution in [1.82, 2.24) is 15.3 Å². The number of aliphatic hydroxyl groups is 1. The van der Waals surface area contributed by atoms with Gasteiger partial charge in [-0.3, -0.25) is 9.78 Å². The van der Waals surface area contributed by atoms with Gasteiger partial charge in [0.05, 0.1) is 11.7 Å². The summed E-state index contributed by atoms with van der Waals surface area (Å²) in [5, 5.41) is 12.8. The molecule has 0 aromatic carbocycles. The van der Waals surface area contributed by atoms with Crippen LogP contribution in [0.1, 0.15) is 43.2 Å². The molecule has 0 saturated carbocycles. The minimum atomic E-state index is -0.601. The van der Waals surface area contributed by atoms with E-state index in [0.717, 1.165) is 11.3 Å². The number of nitrogen functional groups attached to an aromatic ring is 1. The van der Waals surface area contributed by atoms with Gasteiger partial charge < -0.3 is 25.8 Å². The first-order chi connectivity index (χ1) is 15.6. The monoisotopic (exact) mass is 519 g/mol. The van der Waals surface area contributed by atoms with Crippen LogP contribution in [0, 0.1) is 5.92 Å². The number of amides is 1. The van der Waals surface area contributed by atoms with Gasteiger partial charge in [-0.05, 0) is 61.3 Å². The summed E-state index contributed by atoms with van der Waals surface area (Å²) < 4.78 is 5.92. The van der Waals surface area contributed by atoms with Crippen molar-refractivity contribution in [3.8, 4) is 0 Å². The third-order valence-electron chi connectivity index (χ3n) is 5.24. The van der Waals surface area contributed by atoms with E-state index in [2.05, 4.69) is 36.1 Å². The second kappa shape index (κ2) is 10.5. The number of nitrogens with zero attached hydrogens (tertiary/aromatic N) is 3. The summed E-state index contributed by atoms with van der Waals surface area (Å²) in [5.74, 6) is -0.264. The van der Waals surface area contributed by atoms with Crippen molar-refractivity contribution in [3.63, 3.8) is 0 Å². The van der Waals surface area contributed by atoms with Crippen LogP contribution in [0.5, 0.6) is 0 Å². The van der Waals surface area contributed by atoms with E-state index in [1.807, 2.05) is 26.8 Å². The Morgan fingerprint density at radius 1 is 1.30 bits per heavy atom. The summed E-state index contributed by atoms with van der Waals surface area (Å²) in [7, 11) is 0. The largest absolute Gasteiger partial charge is 0.444 e. The summed E-state index contributed by atoms with van der Waals surface area (Å²) in [5.41, 5.74) is 7.42. The molecule has 1 aliphatic heterocycles. The quantitative estimate of drug-likeness (QED) is 0.392. The van der Waals surface area contributed by atoms with Crippen molar-refractivity contribution in [1.29, 1.82) is 0 Å². The maximum absolute atomic E-state index is 13.0. The summed E-state index contributed by atoms with van der Waals surface area (Å²) in [6.07, 6.45) is 3.52. The first-order valence-electron chi connectivity index (χ1n) is 10.8. The molecule has 0 radical (unpaired) electrons. The molecular weight excluding hydrogens is 490 g/mol. The number of ether oxygens (including phenoxy) is 1. The second-order valence-electron chi connectivity index (χ2n) is 9.21. The lowest BCUT2D eigenvalue weighted by molar-refractivity contribution is 0.0487. The number of aromatic nitrogens is 2. The molecular formula is C23H30BrN5O4. The molecule has 3 heterocycles. The van der Waals surface area contributed by atoms with Crippen molar-refractivity contribution in [3.05, 3.63) is 46.5 Å². The van der Waals surface area contributed by atoms with E-state index < -0.39 is 11.7 Å². The SMILES string of the molecule is CC(C)(C)OC(=O)NC1CC(CO)CN(c2ccncc2CC(=O)c2nc(Br)ccc2N)C1. The van der Waals surface area contributed by atoms with E-state index in [0.29, 0.717) is 29.8 Å². The average molecular weight is 520 g/mol.